The zero-order valence-electron chi connectivity index (χ0n) is 23.5. The summed E-state index contributed by atoms with van der Waals surface area (Å²) in [6.07, 6.45) is 17.5. The molecule has 0 aromatic heterocycles. The monoisotopic (exact) mass is 585 g/mol. The molecule has 1 unspecified atom stereocenters. The van der Waals surface area contributed by atoms with E-state index in [0.717, 1.165) is 49.1 Å². The number of hydrogen-bond donors (Lipinski definition) is 0. The predicted molar refractivity (Wildman–Crippen MR) is 156 cm³/mol. The summed E-state index contributed by atoms with van der Waals surface area (Å²) in [5.74, 6) is -2.03. The fraction of sp³-hybridized carbons (Fsp3) is 0.324. The van der Waals surface area contributed by atoms with E-state index >= 15 is 4.39 Å². The van der Waals surface area contributed by atoms with Gasteiger partial charge in [-0.15, -0.1) is 12.8 Å². The molecule has 0 saturated heterocycles. The van der Waals surface area contributed by atoms with Crippen molar-refractivity contribution in [2.45, 2.75) is 51.2 Å². The largest absolute Gasteiger partial charge is 0.429 e. The van der Waals surface area contributed by atoms with Crippen molar-refractivity contribution >= 4 is 11.8 Å². The topological polar surface area (TPSA) is 21.6 Å². The van der Waals surface area contributed by atoms with Crippen LogP contribution in [0.15, 0.2) is 83.1 Å². The Balaban J connectivity index is 0.00000237. The van der Waals surface area contributed by atoms with Crippen LogP contribution in [0.1, 0.15) is 50.7 Å². The second kappa shape index (κ2) is 14.3. The van der Waals surface area contributed by atoms with Gasteiger partial charge in [-0.3, -0.25) is 4.99 Å². The van der Waals surface area contributed by atoms with Gasteiger partial charge in [0.25, 0.3) is 0 Å². The van der Waals surface area contributed by atoms with Crippen LogP contribution in [-0.4, -0.2) is 25.1 Å². The number of fused-ring (bicyclic) bond motifs is 2. The molecule has 222 valence electrons. The van der Waals surface area contributed by atoms with Crippen LogP contribution in [0.4, 0.5) is 26.3 Å². The van der Waals surface area contributed by atoms with Gasteiger partial charge < -0.3 is 4.74 Å². The summed E-state index contributed by atoms with van der Waals surface area (Å²) in [7, 11) is 0. The van der Waals surface area contributed by atoms with Crippen LogP contribution in [0, 0.1) is 30.4 Å². The lowest BCUT2D eigenvalue weighted by molar-refractivity contribution is -0.223. The van der Waals surface area contributed by atoms with Gasteiger partial charge in [-0.1, -0.05) is 36.4 Å². The zero-order chi connectivity index (χ0) is 30.9. The Hall–Kier alpha value is -3.99. The van der Waals surface area contributed by atoms with Crippen LogP contribution in [0.2, 0.25) is 0 Å². The maximum absolute atomic E-state index is 15.2. The normalized spacial score (nSPS) is 20.6. The number of halogens is 6. The summed E-state index contributed by atoms with van der Waals surface area (Å²) in [6, 6.07) is 7.21. The molecule has 0 N–H and O–H groups in total. The molecule has 2 aliphatic rings. The summed E-state index contributed by atoms with van der Waals surface area (Å²) < 4.78 is 89.5. The van der Waals surface area contributed by atoms with E-state index in [1.165, 1.54) is 25.5 Å². The Kier molecular flexibility index (Phi) is 11.0. The first kappa shape index (κ1) is 32.5. The molecule has 8 heteroatoms. The van der Waals surface area contributed by atoms with Crippen molar-refractivity contribution in [1.29, 1.82) is 0 Å². The Labute approximate surface area is 243 Å². The number of terminal acetylenes is 1. The molecule has 0 radical (unpaired) electrons. The number of nitrogens with zero attached hydrogens (tertiary/aromatic N) is 1. The van der Waals surface area contributed by atoms with E-state index in [9.17, 15) is 22.0 Å². The average molecular weight is 586 g/mol. The summed E-state index contributed by atoms with van der Waals surface area (Å²) in [5, 5.41) is 0. The second-order valence-electron chi connectivity index (χ2n) is 10.2. The van der Waals surface area contributed by atoms with Gasteiger partial charge in [-0.25, -0.2) is 17.6 Å². The van der Waals surface area contributed by atoms with E-state index in [1.807, 2.05) is 19.1 Å². The summed E-state index contributed by atoms with van der Waals surface area (Å²) >= 11 is 0. The first-order chi connectivity index (χ1) is 20.1. The van der Waals surface area contributed by atoms with E-state index < -0.39 is 42.4 Å². The fourth-order valence-electron chi connectivity index (χ4n) is 5.19. The zero-order valence-corrected chi connectivity index (χ0v) is 23.5. The number of alkyl halides is 4. The van der Waals surface area contributed by atoms with Crippen molar-refractivity contribution in [3.63, 3.8) is 0 Å². The van der Waals surface area contributed by atoms with Gasteiger partial charge in [0, 0.05) is 11.8 Å². The van der Waals surface area contributed by atoms with Crippen LogP contribution < -0.4 is 0 Å². The quantitative estimate of drug-likeness (QED) is 0.111. The van der Waals surface area contributed by atoms with Gasteiger partial charge in [0.2, 0.25) is 0 Å². The molecule has 2 nitrogen and oxygen atoms in total. The maximum Gasteiger partial charge on any atom is 0.429 e. The molecule has 2 atom stereocenters. The smallest absolute Gasteiger partial charge is 0.429 e. The number of benzene rings is 2. The lowest BCUT2D eigenvalue weighted by Gasteiger charge is -2.20. The Morgan fingerprint density at radius 3 is 2.43 bits per heavy atom. The van der Waals surface area contributed by atoms with E-state index in [-0.39, 0.29) is 22.2 Å². The predicted octanol–water partition coefficient (Wildman–Crippen LogP) is 9.69. The third kappa shape index (κ3) is 7.64. The van der Waals surface area contributed by atoms with Crippen molar-refractivity contribution < 1.29 is 31.1 Å². The Bertz CT molecular complexity index is 1430. The first-order valence-corrected chi connectivity index (χ1v) is 13.5. The second-order valence-corrected chi connectivity index (χ2v) is 10.2. The highest BCUT2D eigenvalue weighted by Gasteiger charge is 2.41. The minimum Gasteiger partial charge on any atom is -0.429 e. The lowest BCUT2D eigenvalue weighted by Crippen LogP contribution is -2.19. The van der Waals surface area contributed by atoms with Crippen LogP contribution in [0.5, 0.6) is 0 Å². The number of allylic oxidation sites excluding steroid dienone is 6. The molecule has 1 aliphatic heterocycles. The van der Waals surface area contributed by atoms with Crippen molar-refractivity contribution in [3.05, 3.63) is 101 Å². The van der Waals surface area contributed by atoms with Crippen LogP contribution >= 0.6 is 0 Å². The molecule has 2 bridgehead atoms. The molecule has 2 aromatic carbocycles. The molecule has 42 heavy (non-hydrogen) atoms. The van der Waals surface area contributed by atoms with Crippen LogP contribution in [0.25, 0.3) is 16.7 Å². The van der Waals surface area contributed by atoms with E-state index in [0.29, 0.717) is 17.6 Å². The fourth-order valence-corrected chi connectivity index (χ4v) is 5.19. The van der Waals surface area contributed by atoms with Crippen LogP contribution in [0.3, 0.4) is 0 Å². The van der Waals surface area contributed by atoms with Crippen molar-refractivity contribution in [2.24, 2.45) is 10.9 Å². The number of hydrogen-bond acceptors (Lipinski definition) is 2. The lowest BCUT2D eigenvalue weighted by atomic mass is 9.93. The average Bonchev–Trinajstić information content (AvgIpc) is 3.57. The van der Waals surface area contributed by atoms with Crippen molar-refractivity contribution in [1.82, 2.24) is 0 Å². The Morgan fingerprint density at radius 2 is 1.88 bits per heavy atom. The third-order valence-electron chi connectivity index (χ3n) is 7.31. The maximum atomic E-state index is 15.2. The highest BCUT2D eigenvalue weighted by Crippen LogP contribution is 2.44. The van der Waals surface area contributed by atoms with E-state index in [2.05, 4.69) is 34.9 Å². The van der Waals surface area contributed by atoms with Crippen LogP contribution in [-0.2, 0) is 10.8 Å². The molecule has 2 aromatic rings. The molecule has 1 aliphatic carbocycles. The molecular formula is C34H33F6NO. The minimum atomic E-state index is -4.19. The number of ether oxygens (including phenoxy) is 1. The summed E-state index contributed by atoms with van der Waals surface area (Å²) in [4.78, 5) is 4.68. The van der Waals surface area contributed by atoms with Crippen molar-refractivity contribution in [3.8, 4) is 24.0 Å². The molecular weight excluding hydrogens is 552 g/mol. The van der Waals surface area contributed by atoms with Gasteiger partial charge in [-0.05, 0) is 98.1 Å². The van der Waals surface area contributed by atoms with Gasteiger partial charge >= 0.3 is 6.11 Å². The number of rotatable bonds is 11. The van der Waals surface area contributed by atoms with Crippen molar-refractivity contribution in [2.75, 3.05) is 13.3 Å². The highest BCUT2D eigenvalue weighted by atomic mass is 19.3. The molecule has 1 heterocycles. The first-order valence-electron chi connectivity index (χ1n) is 13.5. The number of aliphatic imine (C=N–C) groups is 1. The molecule has 0 spiro atoms. The molecule has 1 saturated carbocycles. The third-order valence-corrected chi connectivity index (χ3v) is 7.31. The minimum absolute atomic E-state index is 0.0116. The van der Waals surface area contributed by atoms with Gasteiger partial charge in [0.15, 0.2) is 0 Å². The summed E-state index contributed by atoms with van der Waals surface area (Å²) in [6.45, 7) is 1.07. The van der Waals surface area contributed by atoms with Gasteiger partial charge in [-0.2, -0.15) is 8.78 Å². The standard InChI is InChI=1S/C32H31F6NO.C2H2/c1-3-23(5-4-12-31-13-10-22(18-31)20-39-31)24-6-8-27(29(35)16-24)25-7-9-28(30(36)17-25)32(37,38)40-26(11-14-33)15-21(2)19-34;1-2/h3-9,11,15-17,20,22H,10,12-14,18-19H2,1-2H3;1-2H/b5-4-,21-15+,23-3+,26-11+;/t22?,31-;/m0./s1. The summed E-state index contributed by atoms with van der Waals surface area (Å²) in [5.41, 5.74) is 0.418. The van der Waals surface area contributed by atoms with Gasteiger partial charge in [0.1, 0.15) is 30.7 Å². The molecule has 1 fully saturated rings. The Morgan fingerprint density at radius 1 is 1.12 bits per heavy atom. The van der Waals surface area contributed by atoms with E-state index in [4.69, 9.17) is 0 Å². The molecule has 4 rings (SSSR count). The van der Waals surface area contributed by atoms with Gasteiger partial charge in [0.05, 0.1) is 11.1 Å². The van der Waals surface area contributed by atoms with E-state index in [1.54, 1.807) is 6.07 Å². The highest BCUT2D eigenvalue weighted by molar-refractivity contribution is 5.76. The SMILES string of the molecule is C#C.C/C=C(\C=C/C[C@@]12CCC(C=N1)C2)c1ccc(-c2ccc(C(F)(F)OC(/C=C(\C)CF)=C/CF)c(F)c2)c(F)c1. The molecule has 0 amide bonds.